The molecular weight excluding hydrogens is 477 g/mol. The van der Waals surface area contributed by atoms with Crippen LogP contribution >= 0.6 is 0 Å². The molecule has 0 radical (unpaired) electrons. The molecule has 2 aromatic carbocycles. The van der Waals surface area contributed by atoms with Gasteiger partial charge in [0.05, 0.1) is 22.3 Å². The number of carbonyl (C=O) groups is 1. The number of sulfonamides is 1. The maximum absolute atomic E-state index is 12.6. The molecule has 0 fully saturated rings. The molecule has 0 aliphatic rings. The Hall–Kier alpha value is -3.45. The zero-order valence-corrected chi connectivity index (χ0v) is 18.7. The Bertz CT molecular complexity index is 1320. The van der Waals surface area contributed by atoms with E-state index < -0.39 is 22.1 Å². The van der Waals surface area contributed by atoms with Crippen molar-refractivity contribution in [3.05, 3.63) is 64.7 Å². The molecule has 0 aliphatic carbocycles. The topological polar surface area (TPSA) is 121 Å². The van der Waals surface area contributed by atoms with E-state index in [9.17, 15) is 31.2 Å². The molecule has 0 aliphatic heterocycles. The highest BCUT2D eigenvalue weighted by atomic mass is 32.2. The Morgan fingerprint density at radius 2 is 1.82 bits per heavy atom. The predicted octanol–water partition coefficient (Wildman–Crippen LogP) is 2.54. The lowest BCUT2D eigenvalue weighted by Crippen LogP contribution is -2.35. The van der Waals surface area contributed by atoms with Crippen LogP contribution < -0.4 is 15.0 Å². The minimum atomic E-state index is -4.89. The monoisotopic (exact) mass is 498 g/mol. The number of aromatic nitrogens is 2. The van der Waals surface area contributed by atoms with Gasteiger partial charge in [-0.15, -0.1) is 13.2 Å². The second-order valence-corrected chi connectivity index (χ2v) is 8.87. The van der Waals surface area contributed by atoms with Crippen LogP contribution in [0.2, 0.25) is 0 Å². The molecule has 0 atom stereocenters. The summed E-state index contributed by atoms with van der Waals surface area (Å²) in [5.74, 6) is -0.642. The molecule has 13 heteroatoms. The first-order chi connectivity index (χ1) is 16.0. The SMILES string of the molecule is CCN(Cc1nc2ccccc2c(=O)[nH]1)C(=O)CCNS(=O)(=O)c1ccc(OC(F)(F)F)cc1. The summed E-state index contributed by atoms with van der Waals surface area (Å²) >= 11 is 0. The van der Waals surface area contributed by atoms with Crippen molar-refractivity contribution in [2.75, 3.05) is 13.1 Å². The highest BCUT2D eigenvalue weighted by Crippen LogP contribution is 2.23. The van der Waals surface area contributed by atoms with Crippen LogP contribution in [0.3, 0.4) is 0 Å². The van der Waals surface area contributed by atoms with Gasteiger partial charge in [0.2, 0.25) is 15.9 Å². The van der Waals surface area contributed by atoms with Crippen molar-refractivity contribution in [1.82, 2.24) is 19.6 Å². The average molecular weight is 498 g/mol. The quantitative estimate of drug-likeness (QED) is 0.468. The third-order valence-corrected chi connectivity index (χ3v) is 6.21. The van der Waals surface area contributed by atoms with Gasteiger partial charge in [0, 0.05) is 19.5 Å². The Morgan fingerprint density at radius 1 is 1.15 bits per heavy atom. The maximum atomic E-state index is 12.6. The number of rotatable bonds is 9. The molecule has 3 aromatic rings. The van der Waals surface area contributed by atoms with E-state index in [0.29, 0.717) is 23.3 Å². The van der Waals surface area contributed by atoms with Crippen LogP contribution in [0.25, 0.3) is 10.9 Å². The summed E-state index contributed by atoms with van der Waals surface area (Å²) < 4.78 is 67.3. The molecule has 1 heterocycles. The predicted molar refractivity (Wildman–Crippen MR) is 116 cm³/mol. The molecule has 3 rings (SSSR count). The first kappa shape index (κ1) is 25.2. The molecule has 1 aromatic heterocycles. The van der Waals surface area contributed by atoms with Crippen LogP contribution in [0, 0.1) is 0 Å². The number of benzene rings is 2. The second kappa shape index (κ2) is 10.2. The normalized spacial score (nSPS) is 12.0. The third kappa shape index (κ3) is 6.54. The maximum Gasteiger partial charge on any atom is 0.573 e. The fourth-order valence-electron chi connectivity index (χ4n) is 3.12. The lowest BCUT2D eigenvalue weighted by molar-refractivity contribution is -0.274. The summed E-state index contributed by atoms with van der Waals surface area (Å²) in [4.78, 5) is 32.9. The first-order valence-corrected chi connectivity index (χ1v) is 11.6. The minimum Gasteiger partial charge on any atom is -0.406 e. The lowest BCUT2D eigenvalue weighted by Gasteiger charge is -2.20. The van der Waals surface area contributed by atoms with Gasteiger partial charge in [0.25, 0.3) is 5.56 Å². The number of aromatic amines is 1. The van der Waals surface area contributed by atoms with E-state index in [-0.39, 0.29) is 35.9 Å². The van der Waals surface area contributed by atoms with Crippen molar-refractivity contribution in [2.24, 2.45) is 0 Å². The summed E-state index contributed by atoms with van der Waals surface area (Å²) in [5.41, 5.74) is 0.160. The van der Waals surface area contributed by atoms with Gasteiger partial charge in [-0.1, -0.05) is 12.1 Å². The molecule has 182 valence electrons. The number of nitrogens with one attached hydrogen (secondary N) is 2. The van der Waals surface area contributed by atoms with E-state index in [2.05, 4.69) is 19.4 Å². The second-order valence-electron chi connectivity index (χ2n) is 7.10. The van der Waals surface area contributed by atoms with Gasteiger partial charge in [-0.3, -0.25) is 9.59 Å². The first-order valence-electron chi connectivity index (χ1n) is 10.1. The summed E-state index contributed by atoms with van der Waals surface area (Å²) in [6, 6.07) is 10.5. The number of amides is 1. The molecule has 0 saturated carbocycles. The number of H-pyrrole nitrogens is 1. The van der Waals surface area contributed by atoms with E-state index >= 15 is 0 Å². The standard InChI is InChI=1S/C21H21F3N4O5S/c1-2-28(13-18-26-17-6-4-3-5-16(17)20(30)27-18)19(29)11-12-25-34(31,32)15-9-7-14(8-10-15)33-21(22,23)24/h3-10,25H,2,11-13H2,1H3,(H,26,27,30). The van der Waals surface area contributed by atoms with Crippen molar-refractivity contribution in [3.8, 4) is 5.75 Å². The number of hydrogen-bond donors (Lipinski definition) is 2. The molecular formula is C21H21F3N4O5S. The average Bonchev–Trinajstić information content (AvgIpc) is 2.76. The van der Waals surface area contributed by atoms with Gasteiger partial charge < -0.3 is 14.6 Å². The third-order valence-electron chi connectivity index (χ3n) is 4.74. The van der Waals surface area contributed by atoms with Gasteiger partial charge in [0.15, 0.2) is 0 Å². The Morgan fingerprint density at radius 3 is 2.47 bits per heavy atom. The van der Waals surface area contributed by atoms with Crippen molar-refractivity contribution in [3.63, 3.8) is 0 Å². The van der Waals surface area contributed by atoms with Crippen LogP contribution in [-0.4, -0.2) is 48.6 Å². The fourth-order valence-corrected chi connectivity index (χ4v) is 4.15. The number of fused-ring (bicyclic) bond motifs is 1. The van der Waals surface area contributed by atoms with Gasteiger partial charge in [-0.2, -0.15) is 0 Å². The number of alkyl halides is 3. The molecule has 0 spiro atoms. The van der Waals surface area contributed by atoms with Gasteiger partial charge in [-0.25, -0.2) is 18.1 Å². The molecule has 0 unspecified atom stereocenters. The van der Waals surface area contributed by atoms with Gasteiger partial charge in [0.1, 0.15) is 11.6 Å². The summed E-state index contributed by atoms with van der Waals surface area (Å²) in [6.45, 7) is 1.82. The largest absolute Gasteiger partial charge is 0.573 e. The Labute approximate surface area is 192 Å². The molecule has 34 heavy (non-hydrogen) atoms. The van der Waals surface area contributed by atoms with Crippen LogP contribution in [0.15, 0.2) is 58.2 Å². The van der Waals surface area contributed by atoms with E-state index in [1.807, 2.05) is 0 Å². The van der Waals surface area contributed by atoms with E-state index in [1.165, 1.54) is 4.90 Å². The Kier molecular flexibility index (Phi) is 7.57. The van der Waals surface area contributed by atoms with Crippen LogP contribution in [0.1, 0.15) is 19.2 Å². The number of halogens is 3. The highest BCUT2D eigenvalue weighted by Gasteiger charge is 2.31. The van der Waals surface area contributed by atoms with Crippen molar-refractivity contribution in [1.29, 1.82) is 0 Å². The van der Waals surface area contributed by atoms with Crippen molar-refractivity contribution >= 4 is 26.8 Å². The number of hydrogen-bond acceptors (Lipinski definition) is 6. The summed E-state index contributed by atoms with van der Waals surface area (Å²) in [7, 11) is -4.06. The molecule has 0 saturated heterocycles. The molecule has 0 bridgehead atoms. The minimum absolute atomic E-state index is 0.0306. The molecule has 1 amide bonds. The highest BCUT2D eigenvalue weighted by molar-refractivity contribution is 7.89. The zero-order chi connectivity index (χ0) is 24.9. The Balaban J connectivity index is 1.59. The fraction of sp³-hybridized carbons (Fsp3) is 0.286. The van der Waals surface area contributed by atoms with Crippen molar-refractivity contribution < 1.29 is 31.1 Å². The van der Waals surface area contributed by atoms with E-state index in [0.717, 1.165) is 24.3 Å². The molecule has 2 N–H and O–H groups in total. The summed E-state index contributed by atoms with van der Waals surface area (Å²) in [6.07, 6.45) is -5.07. The molecule has 9 nitrogen and oxygen atoms in total. The smallest absolute Gasteiger partial charge is 0.406 e. The number of nitrogens with zero attached hydrogens (tertiary/aromatic N) is 2. The summed E-state index contributed by atoms with van der Waals surface area (Å²) in [5, 5.41) is 0.424. The van der Waals surface area contributed by atoms with E-state index in [1.54, 1.807) is 31.2 Å². The van der Waals surface area contributed by atoms with Gasteiger partial charge in [-0.05, 0) is 43.3 Å². The lowest BCUT2D eigenvalue weighted by atomic mass is 10.2. The number of ether oxygens (including phenoxy) is 1. The number of carbonyl (C=O) groups excluding carboxylic acids is 1. The van der Waals surface area contributed by atoms with Gasteiger partial charge >= 0.3 is 6.36 Å². The van der Waals surface area contributed by atoms with E-state index in [4.69, 9.17) is 0 Å². The van der Waals surface area contributed by atoms with Crippen molar-refractivity contribution in [2.45, 2.75) is 31.1 Å². The zero-order valence-electron chi connectivity index (χ0n) is 17.9. The number of para-hydroxylation sites is 1. The van der Waals surface area contributed by atoms with Crippen LogP contribution in [0.5, 0.6) is 5.75 Å². The van der Waals surface area contributed by atoms with Crippen LogP contribution in [-0.2, 0) is 21.4 Å². The van der Waals surface area contributed by atoms with Crippen LogP contribution in [0.4, 0.5) is 13.2 Å².